The van der Waals surface area contributed by atoms with Gasteiger partial charge >= 0.3 is 6.16 Å². The summed E-state index contributed by atoms with van der Waals surface area (Å²) in [6, 6.07) is 16.8. The van der Waals surface area contributed by atoms with Crippen LogP contribution in [0, 0.1) is 11.6 Å². The molecular weight excluding hydrogens is 404 g/mol. The molecule has 0 saturated heterocycles. The first-order valence-corrected chi connectivity index (χ1v) is 9.75. The zero-order valence-electron chi connectivity index (χ0n) is 16.2. The van der Waals surface area contributed by atoms with Gasteiger partial charge in [-0.15, -0.1) is 0 Å². The Morgan fingerprint density at radius 3 is 2.55 bits per heavy atom. The fourth-order valence-electron chi connectivity index (χ4n) is 4.61. The zero-order valence-corrected chi connectivity index (χ0v) is 16.2. The molecule has 5 nitrogen and oxygen atoms in total. The Morgan fingerprint density at radius 2 is 1.84 bits per heavy atom. The van der Waals surface area contributed by atoms with Gasteiger partial charge in [-0.1, -0.05) is 24.3 Å². The minimum atomic E-state index is -1.44. The molecule has 1 fully saturated rings. The summed E-state index contributed by atoms with van der Waals surface area (Å²) in [6.45, 7) is 0.181. The first-order valence-electron chi connectivity index (χ1n) is 9.75. The average Bonchev–Trinajstić information content (AvgIpc) is 3.44. The molecule has 31 heavy (non-hydrogen) atoms. The number of benzene rings is 3. The third-order valence-electron chi connectivity index (χ3n) is 6.03. The van der Waals surface area contributed by atoms with E-state index in [1.54, 1.807) is 41.3 Å². The monoisotopic (exact) mass is 421 g/mol. The number of halogens is 2. The number of ether oxygens (including phenoxy) is 1. The molecule has 1 heterocycles. The minimum Gasteiger partial charge on any atom is -0.449 e. The van der Waals surface area contributed by atoms with Gasteiger partial charge in [-0.3, -0.25) is 4.79 Å². The van der Waals surface area contributed by atoms with Crippen molar-refractivity contribution in [1.29, 1.82) is 0 Å². The highest BCUT2D eigenvalue weighted by Crippen LogP contribution is 2.66. The summed E-state index contributed by atoms with van der Waals surface area (Å²) in [5.74, 6) is -0.942. The molecule has 1 N–H and O–H groups in total. The topological polar surface area (TPSA) is 66.8 Å². The van der Waals surface area contributed by atoms with E-state index in [1.165, 1.54) is 30.3 Å². The molecule has 1 aliphatic carbocycles. The zero-order chi connectivity index (χ0) is 21.8. The van der Waals surface area contributed by atoms with Crippen LogP contribution < -0.4 is 9.64 Å². The maximum Gasteiger partial charge on any atom is 0.511 e. The Balaban J connectivity index is 1.57. The number of anilines is 1. The summed E-state index contributed by atoms with van der Waals surface area (Å²) in [4.78, 5) is 26.2. The van der Waals surface area contributed by atoms with E-state index >= 15 is 0 Å². The molecule has 1 aliphatic heterocycles. The molecule has 1 amide bonds. The Hall–Kier alpha value is -3.74. The van der Waals surface area contributed by atoms with Crippen molar-refractivity contribution in [1.82, 2.24) is 0 Å². The van der Waals surface area contributed by atoms with Crippen LogP contribution in [-0.4, -0.2) is 17.2 Å². The van der Waals surface area contributed by atoms with Crippen molar-refractivity contribution >= 4 is 17.7 Å². The van der Waals surface area contributed by atoms with Gasteiger partial charge in [-0.25, -0.2) is 13.6 Å². The molecule has 7 heteroatoms. The molecule has 0 bridgehead atoms. The summed E-state index contributed by atoms with van der Waals surface area (Å²) in [7, 11) is 0. The second-order valence-corrected chi connectivity index (χ2v) is 7.85. The number of amides is 1. The lowest BCUT2D eigenvalue weighted by molar-refractivity contribution is -0.120. The number of nitrogens with zero attached hydrogens (tertiary/aromatic N) is 1. The van der Waals surface area contributed by atoms with Gasteiger partial charge in [-0.05, 0) is 65.6 Å². The molecule has 2 atom stereocenters. The number of hydrogen-bond donors (Lipinski definition) is 1. The van der Waals surface area contributed by atoms with E-state index in [4.69, 9.17) is 9.84 Å². The highest BCUT2D eigenvalue weighted by molar-refractivity contribution is 6.11. The van der Waals surface area contributed by atoms with Crippen LogP contribution in [0.15, 0.2) is 66.7 Å². The lowest BCUT2D eigenvalue weighted by Crippen LogP contribution is -2.32. The third-order valence-corrected chi connectivity index (χ3v) is 6.03. The summed E-state index contributed by atoms with van der Waals surface area (Å²) in [5.41, 5.74) is 1.90. The minimum absolute atomic E-state index is 0.121. The smallest absolute Gasteiger partial charge is 0.449 e. The number of hydrogen-bond acceptors (Lipinski definition) is 3. The number of carbonyl (C=O) groups is 2. The molecule has 3 aromatic rings. The van der Waals surface area contributed by atoms with E-state index in [9.17, 15) is 18.4 Å². The summed E-state index contributed by atoms with van der Waals surface area (Å²) < 4.78 is 31.9. The van der Waals surface area contributed by atoms with E-state index in [-0.39, 0.29) is 35.8 Å². The average molecular weight is 421 g/mol. The van der Waals surface area contributed by atoms with Gasteiger partial charge in [0.25, 0.3) is 0 Å². The maximum absolute atomic E-state index is 13.7. The van der Waals surface area contributed by atoms with E-state index in [1.807, 2.05) is 0 Å². The highest BCUT2D eigenvalue weighted by atomic mass is 19.1. The van der Waals surface area contributed by atoms with Crippen molar-refractivity contribution in [3.05, 3.63) is 95.1 Å². The van der Waals surface area contributed by atoms with Crippen molar-refractivity contribution in [2.45, 2.75) is 24.3 Å². The number of carboxylic acid groups (broad SMARTS) is 1. The summed E-state index contributed by atoms with van der Waals surface area (Å²) in [6.07, 6.45) is -0.929. The van der Waals surface area contributed by atoms with Crippen molar-refractivity contribution in [2.75, 3.05) is 4.90 Å². The normalized spacial score (nSPS) is 21.3. The van der Waals surface area contributed by atoms with Crippen LogP contribution in [-0.2, 0) is 16.8 Å². The summed E-state index contributed by atoms with van der Waals surface area (Å²) in [5, 5.41) is 8.97. The van der Waals surface area contributed by atoms with Crippen LogP contribution in [0.3, 0.4) is 0 Å². The standard InChI is InChI=1S/C24H17F2NO4/c25-16-6-4-15(5-7-16)20-12-24(20)19-11-18(31-23(29)30)8-9-21(19)27(22(24)28)13-14-2-1-3-17(26)10-14/h1-11,20H,12-13H2,(H,29,30)/t20-,24-/m0/s1. The van der Waals surface area contributed by atoms with Crippen LogP contribution in [0.1, 0.15) is 29.0 Å². The van der Waals surface area contributed by atoms with Gasteiger partial charge in [0.1, 0.15) is 17.4 Å². The Bertz CT molecular complexity index is 1210. The molecular formula is C24H17F2NO4. The van der Waals surface area contributed by atoms with Crippen LogP contribution >= 0.6 is 0 Å². The van der Waals surface area contributed by atoms with E-state index < -0.39 is 11.6 Å². The van der Waals surface area contributed by atoms with Crippen LogP contribution in [0.2, 0.25) is 0 Å². The highest BCUT2D eigenvalue weighted by Gasteiger charge is 2.67. The Labute approximate surface area is 176 Å². The Kier molecular flexibility index (Phi) is 4.28. The summed E-state index contributed by atoms with van der Waals surface area (Å²) >= 11 is 0. The van der Waals surface area contributed by atoms with Crippen LogP contribution in [0.5, 0.6) is 5.75 Å². The first-order chi connectivity index (χ1) is 14.9. The van der Waals surface area contributed by atoms with Crippen molar-refractivity contribution in [3.63, 3.8) is 0 Å². The van der Waals surface area contributed by atoms with Gasteiger partial charge in [0, 0.05) is 11.6 Å². The molecule has 0 aromatic heterocycles. The lowest BCUT2D eigenvalue weighted by atomic mass is 9.92. The van der Waals surface area contributed by atoms with Crippen LogP contribution in [0.4, 0.5) is 19.3 Å². The molecule has 5 rings (SSSR count). The van der Waals surface area contributed by atoms with Gasteiger partial charge < -0.3 is 14.7 Å². The molecule has 2 aliphatic rings. The first kappa shape index (κ1) is 19.2. The van der Waals surface area contributed by atoms with Crippen molar-refractivity contribution in [2.24, 2.45) is 0 Å². The van der Waals surface area contributed by atoms with Gasteiger partial charge in [0.2, 0.25) is 5.91 Å². The van der Waals surface area contributed by atoms with Crippen molar-refractivity contribution in [3.8, 4) is 5.75 Å². The molecule has 156 valence electrons. The molecule has 1 spiro atoms. The molecule has 0 radical (unpaired) electrons. The number of fused-ring (bicyclic) bond motifs is 2. The molecule has 1 saturated carbocycles. The maximum atomic E-state index is 13.7. The number of carbonyl (C=O) groups excluding carboxylic acids is 1. The fourth-order valence-corrected chi connectivity index (χ4v) is 4.61. The second kappa shape index (κ2) is 6.91. The van der Waals surface area contributed by atoms with E-state index in [0.29, 0.717) is 23.2 Å². The molecule has 3 aromatic carbocycles. The largest absolute Gasteiger partial charge is 0.511 e. The SMILES string of the molecule is O=C(O)Oc1ccc2c(c1)[C@]1(C[C@H]1c1ccc(F)cc1)C(=O)N2Cc1cccc(F)c1. The predicted octanol–water partition coefficient (Wildman–Crippen LogP) is 4.99. The lowest BCUT2D eigenvalue weighted by Gasteiger charge is -2.18. The van der Waals surface area contributed by atoms with Gasteiger partial charge in [0.15, 0.2) is 0 Å². The van der Waals surface area contributed by atoms with Crippen molar-refractivity contribution < 1.29 is 28.2 Å². The van der Waals surface area contributed by atoms with E-state index in [0.717, 1.165) is 5.56 Å². The molecule has 0 unspecified atom stereocenters. The number of rotatable bonds is 4. The van der Waals surface area contributed by atoms with Gasteiger partial charge in [0.05, 0.1) is 12.0 Å². The predicted molar refractivity (Wildman–Crippen MR) is 108 cm³/mol. The fraction of sp³-hybridized carbons (Fsp3) is 0.167. The Morgan fingerprint density at radius 1 is 1.06 bits per heavy atom. The van der Waals surface area contributed by atoms with Gasteiger partial charge in [-0.2, -0.15) is 0 Å². The van der Waals surface area contributed by atoms with E-state index in [2.05, 4.69) is 0 Å². The van der Waals surface area contributed by atoms with Crippen LogP contribution in [0.25, 0.3) is 0 Å². The quantitative estimate of drug-likeness (QED) is 0.476. The second-order valence-electron chi connectivity index (χ2n) is 7.85. The third kappa shape index (κ3) is 3.13.